The number of nitrogen functional groups attached to an aromatic ring is 1. The lowest BCUT2D eigenvalue weighted by Crippen LogP contribution is -2.21. The average Bonchev–Trinajstić information content (AvgIpc) is 3.22. The molecule has 0 spiro atoms. The normalized spacial score (nSPS) is 12.1. The number of benzene rings is 2. The number of rotatable bonds is 13. The van der Waals surface area contributed by atoms with E-state index in [2.05, 4.69) is 20.4 Å². The van der Waals surface area contributed by atoms with Crippen LogP contribution in [0.1, 0.15) is 47.7 Å². The van der Waals surface area contributed by atoms with Crippen molar-refractivity contribution in [3.63, 3.8) is 0 Å². The van der Waals surface area contributed by atoms with Gasteiger partial charge in [0.25, 0.3) is 5.91 Å². The van der Waals surface area contributed by atoms with Crippen LogP contribution in [0.4, 0.5) is 14.6 Å². The van der Waals surface area contributed by atoms with E-state index in [0.29, 0.717) is 12.0 Å². The number of nitrogens with one attached hydrogen (secondary N) is 1. The van der Waals surface area contributed by atoms with Crippen LogP contribution in [-0.4, -0.2) is 39.7 Å². The summed E-state index contributed by atoms with van der Waals surface area (Å²) in [5, 5.41) is 18.0. The number of anilines is 1. The highest BCUT2D eigenvalue weighted by molar-refractivity contribution is 5.98. The lowest BCUT2D eigenvalue weighted by molar-refractivity contribution is -0.0516. The minimum atomic E-state index is -3.01. The zero-order valence-electron chi connectivity index (χ0n) is 19.8. The van der Waals surface area contributed by atoms with E-state index in [1.807, 2.05) is 37.3 Å². The molecule has 3 rings (SSSR count). The summed E-state index contributed by atoms with van der Waals surface area (Å²) >= 11 is 0. The number of aliphatic hydroxyl groups excluding tert-OH is 1. The molecule has 0 aliphatic carbocycles. The van der Waals surface area contributed by atoms with Gasteiger partial charge in [0.15, 0.2) is 11.5 Å². The number of halogens is 2. The summed E-state index contributed by atoms with van der Waals surface area (Å²) < 4.78 is 37.2. The highest BCUT2D eigenvalue weighted by Gasteiger charge is 2.17. The molecular weight excluding hydrogens is 472 g/mol. The Morgan fingerprint density at radius 1 is 1.25 bits per heavy atom. The highest BCUT2D eigenvalue weighted by Crippen LogP contribution is 2.30. The van der Waals surface area contributed by atoms with E-state index >= 15 is 0 Å². The number of hydrogen-bond acceptors (Lipinski definition) is 7. The molecule has 1 heterocycles. The molecule has 0 aliphatic heterocycles. The molecule has 2 aromatic carbocycles. The third-order valence-corrected chi connectivity index (χ3v) is 5.20. The first-order valence-electron chi connectivity index (χ1n) is 11.5. The second-order valence-electron chi connectivity index (χ2n) is 7.98. The number of carbonyl (C=O) groups is 1. The van der Waals surface area contributed by atoms with Crippen molar-refractivity contribution in [3.05, 3.63) is 71.4 Å². The summed E-state index contributed by atoms with van der Waals surface area (Å²) in [5.74, 6) is -0.496. The van der Waals surface area contributed by atoms with E-state index in [1.165, 1.54) is 35.3 Å². The number of nitrogens with two attached hydrogens (primary N) is 1. The van der Waals surface area contributed by atoms with E-state index in [9.17, 15) is 18.7 Å². The van der Waals surface area contributed by atoms with Gasteiger partial charge in [-0.2, -0.15) is 19.0 Å². The van der Waals surface area contributed by atoms with Crippen LogP contribution in [0.3, 0.4) is 0 Å². The summed E-state index contributed by atoms with van der Waals surface area (Å²) in [4.78, 5) is 12.5. The van der Waals surface area contributed by atoms with Gasteiger partial charge in [0.05, 0.1) is 25.1 Å². The summed E-state index contributed by atoms with van der Waals surface area (Å²) in [7, 11) is 0. The number of unbranched alkanes of at least 4 members (excludes halogenated alkanes) is 1. The number of hydrogen-bond donors (Lipinski definition) is 3. The molecule has 0 fully saturated rings. The maximum atomic E-state index is 12.8. The summed E-state index contributed by atoms with van der Waals surface area (Å²) in [6.45, 7) is -0.653. The van der Waals surface area contributed by atoms with Crippen LogP contribution in [0.2, 0.25) is 0 Å². The Kier molecular flexibility index (Phi) is 9.75. The van der Waals surface area contributed by atoms with Gasteiger partial charge in [-0.15, -0.1) is 0 Å². The monoisotopic (exact) mass is 501 g/mol. The third kappa shape index (κ3) is 7.77. The smallest absolute Gasteiger partial charge is 0.387 e. The number of nitrogens with zero attached hydrogens (tertiary/aromatic N) is 3. The van der Waals surface area contributed by atoms with E-state index in [-0.39, 0.29) is 36.0 Å². The minimum Gasteiger partial charge on any atom is -0.485 e. The fourth-order valence-corrected chi connectivity index (χ4v) is 3.32. The largest absolute Gasteiger partial charge is 0.485 e. The number of aliphatic hydroxyl groups is 1. The Hall–Kier alpha value is -3.99. The fraction of sp³-hybridized carbons (Fsp3) is 0.320. The van der Waals surface area contributed by atoms with E-state index < -0.39 is 18.6 Å². The first kappa shape index (κ1) is 26.6. The molecule has 0 saturated carbocycles. The fourth-order valence-electron chi connectivity index (χ4n) is 3.32. The molecule has 36 heavy (non-hydrogen) atoms. The SMILES string of the molecule is CCCCC(O)Cn1ncc(C(=O)N/N=C\c2ccc(OC(F)F)c(OCc3ccccc3)c2)c1N. The number of amides is 1. The number of hydrazone groups is 1. The number of ether oxygens (including phenoxy) is 2. The van der Waals surface area contributed by atoms with Gasteiger partial charge in [-0.1, -0.05) is 50.1 Å². The van der Waals surface area contributed by atoms with Gasteiger partial charge >= 0.3 is 6.61 Å². The first-order valence-corrected chi connectivity index (χ1v) is 11.5. The second kappa shape index (κ2) is 13.2. The molecular formula is C25H29F2N5O4. The lowest BCUT2D eigenvalue weighted by Gasteiger charge is -2.13. The molecule has 1 amide bonds. The summed E-state index contributed by atoms with van der Waals surface area (Å²) in [6.07, 6.45) is 4.46. The predicted octanol–water partition coefficient (Wildman–Crippen LogP) is 3.96. The van der Waals surface area contributed by atoms with Crippen LogP contribution >= 0.6 is 0 Å². The molecule has 1 aromatic heterocycles. The zero-order chi connectivity index (χ0) is 25.9. The Morgan fingerprint density at radius 3 is 2.75 bits per heavy atom. The standard InChI is InChI=1S/C25H29F2N5O4/c1-2-3-9-19(33)15-32-23(28)20(14-30-32)24(34)31-29-13-18-10-11-21(36-25(26)27)22(12-18)35-16-17-7-5-4-6-8-17/h4-8,10-14,19,25,33H,2-3,9,15-16,28H2,1H3,(H,31,34)/b29-13-. The van der Waals surface area contributed by atoms with Crippen LogP contribution < -0.4 is 20.6 Å². The average molecular weight is 502 g/mol. The number of carbonyl (C=O) groups excluding carboxylic acids is 1. The van der Waals surface area contributed by atoms with Crippen LogP contribution in [0.15, 0.2) is 59.8 Å². The van der Waals surface area contributed by atoms with Crippen molar-refractivity contribution >= 4 is 17.9 Å². The van der Waals surface area contributed by atoms with Crippen molar-refractivity contribution in [2.45, 2.75) is 52.1 Å². The molecule has 4 N–H and O–H groups in total. The van der Waals surface area contributed by atoms with E-state index in [0.717, 1.165) is 18.4 Å². The van der Waals surface area contributed by atoms with Gasteiger partial charge in [-0.3, -0.25) is 4.79 Å². The maximum absolute atomic E-state index is 12.8. The molecule has 11 heteroatoms. The van der Waals surface area contributed by atoms with Gasteiger partial charge in [-0.05, 0) is 35.7 Å². The van der Waals surface area contributed by atoms with Crippen molar-refractivity contribution in [1.29, 1.82) is 0 Å². The molecule has 1 unspecified atom stereocenters. The Morgan fingerprint density at radius 2 is 2.03 bits per heavy atom. The van der Waals surface area contributed by atoms with Gasteiger partial charge in [-0.25, -0.2) is 10.1 Å². The Balaban J connectivity index is 1.65. The molecule has 192 valence electrons. The Bertz CT molecular complexity index is 1150. The molecule has 0 saturated heterocycles. The van der Waals surface area contributed by atoms with Crippen LogP contribution in [0, 0.1) is 0 Å². The molecule has 1 atom stereocenters. The lowest BCUT2D eigenvalue weighted by atomic mass is 10.1. The van der Waals surface area contributed by atoms with E-state index in [4.69, 9.17) is 10.5 Å². The zero-order valence-corrected chi connectivity index (χ0v) is 19.8. The van der Waals surface area contributed by atoms with Crippen molar-refractivity contribution < 1.29 is 28.2 Å². The summed E-state index contributed by atoms with van der Waals surface area (Å²) in [5.41, 5.74) is 9.80. The second-order valence-corrected chi connectivity index (χ2v) is 7.98. The highest BCUT2D eigenvalue weighted by atomic mass is 19.3. The molecule has 9 nitrogen and oxygen atoms in total. The molecule has 0 radical (unpaired) electrons. The van der Waals surface area contributed by atoms with Crippen molar-refractivity contribution in [2.75, 3.05) is 5.73 Å². The number of alkyl halides is 2. The minimum absolute atomic E-state index is 0.0987. The van der Waals surface area contributed by atoms with Crippen LogP contribution in [0.25, 0.3) is 0 Å². The quantitative estimate of drug-likeness (QED) is 0.241. The van der Waals surface area contributed by atoms with Gasteiger partial charge < -0.3 is 20.3 Å². The molecule has 0 bridgehead atoms. The number of aromatic nitrogens is 2. The third-order valence-electron chi connectivity index (χ3n) is 5.20. The van der Waals surface area contributed by atoms with Crippen LogP contribution in [-0.2, 0) is 13.2 Å². The van der Waals surface area contributed by atoms with E-state index in [1.54, 1.807) is 0 Å². The molecule has 0 aliphatic rings. The van der Waals surface area contributed by atoms with Crippen molar-refractivity contribution in [3.8, 4) is 11.5 Å². The topological polar surface area (TPSA) is 124 Å². The summed E-state index contributed by atoms with van der Waals surface area (Å²) in [6, 6.07) is 13.5. The predicted molar refractivity (Wildman–Crippen MR) is 131 cm³/mol. The first-order chi connectivity index (χ1) is 17.4. The van der Waals surface area contributed by atoms with Crippen LogP contribution in [0.5, 0.6) is 11.5 Å². The molecule has 3 aromatic rings. The van der Waals surface area contributed by atoms with Gasteiger partial charge in [0, 0.05) is 0 Å². The van der Waals surface area contributed by atoms with Crippen molar-refractivity contribution in [2.24, 2.45) is 5.10 Å². The van der Waals surface area contributed by atoms with Crippen molar-refractivity contribution in [1.82, 2.24) is 15.2 Å². The van der Waals surface area contributed by atoms with Gasteiger partial charge in [0.1, 0.15) is 18.0 Å². The van der Waals surface area contributed by atoms with Gasteiger partial charge in [0.2, 0.25) is 0 Å². The Labute approximate surface area is 207 Å². The maximum Gasteiger partial charge on any atom is 0.387 e.